The van der Waals surface area contributed by atoms with Crippen molar-refractivity contribution in [3.05, 3.63) is 71.3 Å². The first kappa shape index (κ1) is 19.6. The van der Waals surface area contributed by atoms with Crippen LogP contribution in [0.5, 0.6) is 0 Å². The number of carbonyl (C=O) groups excluding carboxylic acids is 1. The quantitative estimate of drug-likeness (QED) is 0.661. The molecule has 144 valence electrons. The lowest BCUT2D eigenvalue weighted by Gasteiger charge is -2.29. The van der Waals surface area contributed by atoms with Gasteiger partial charge in [0.2, 0.25) is 5.91 Å². The van der Waals surface area contributed by atoms with Gasteiger partial charge in [-0.1, -0.05) is 81.8 Å². The minimum absolute atomic E-state index is 0.0805. The maximum absolute atomic E-state index is 12.9. The van der Waals surface area contributed by atoms with Crippen LogP contribution in [0, 0.1) is 5.92 Å². The van der Waals surface area contributed by atoms with Gasteiger partial charge in [-0.3, -0.25) is 10.1 Å². The van der Waals surface area contributed by atoms with E-state index in [0.717, 1.165) is 31.2 Å². The molecule has 2 atom stereocenters. The lowest BCUT2D eigenvalue weighted by molar-refractivity contribution is -0.123. The molecule has 2 N–H and O–H groups in total. The van der Waals surface area contributed by atoms with E-state index in [1.54, 1.807) is 0 Å². The Kier molecular flexibility index (Phi) is 6.68. The van der Waals surface area contributed by atoms with Crippen LogP contribution in [0.15, 0.2) is 54.6 Å². The zero-order chi connectivity index (χ0) is 19.2. The summed E-state index contributed by atoms with van der Waals surface area (Å²) in [4.78, 5) is 12.9. The minimum Gasteiger partial charge on any atom is -0.352 e. The van der Waals surface area contributed by atoms with E-state index in [4.69, 9.17) is 0 Å². The molecule has 1 fully saturated rings. The number of hydrogen-bond donors (Lipinski definition) is 2. The highest BCUT2D eigenvalue weighted by atomic mass is 16.2. The van der Waals surface area contributed by atoms with Crippen molar-refractivity contribution in [2.45, 2.75) is 64.6 Å². The standard InChI is InChI=1S/C24H32N2O/c1-4-8-18-11-13-20(14-12-18)22(17(2)3)26-23(19-9-6-5-7-10-19)24(27)25-21-15-16-21/h5-7,9-14,17,21-23,26H,4,8,15-16H2,1-3H3,(H,25,27)/t22-,23+/m1/s1. The Labute approximate surface area is 163 Å². The van der Waals surface area contributed by atoms with Gasteiger partial charge in [0, 0.05) is 12.1 Å². The van der Waals surface area contributed by atoms with Gasteiger partial charge in [0.05, 0.1) is 0 Å². The number of carbonyl (C=O) groups is 1. The fourth-order valence-corrected chi connectivity index (χ4v) is 3.51. The molecule has 27 heavy (non-hydrogen) atoms. The summed E-state index contributed by atoms with van der Waals surface area (Å²) in [6.45, 7) is 6.62. The van der Waals surface area contributed by atoms with Gasteiger partial charge in [-0.2, -0.15) is 0 Å². The van der Waals surface area contributed by atoms with Crippen molar-refractivity contribution in [2.24, 2.45) is 5.92 Å². The molecule has 0 unspecified atom stereocenters. The molecule has 3 nitrogen and oxygen atoms in total. The van der Waals surface area contributed by atoms with Gasteiger partial charge in [0.1, 0.15) is 6.04 Å². The van der Waals surface area contributed by atoms with E-state index in [-0.39, 0.29) is 18.0 Å². The van der Waals surface area contributed by atoms with E-state index in [1.807, 2.05) is 30.3 Å². The van der Waals surface area contributed by atoms with Crippen molar-refractivity contribution in [1.82, 2.24) is 10.6 Å². The highest BCUT2D eigenvalue weighted by Crippen LogP contribution is 2.28. The van der Waals surface area contributed by atoms with Crippen LogP contribution >= 0.6 is 0 Å². The molecule has 0 spiro atoms. The number of hydrogen-bond acceptors (Lipinski definition) is 2. The van der Waals surface area contributed by atoms with Gasteiger partial charge in [0.15, 0.2) is 0 Å². The summed E-state index contributed by atoms with van der Waals surface area (Å²) in [6.07, 6.45) is 4.46. The predicted molar refractivity (Wildman–Crippen MR) is 111 cm³/mol. The van der Waals surface area contributed by atoms with Crippen molar-refractivity contribution < 1.29 is 4.79 Å². The molecule has 2 aromatic carbocycles. The molecule has 0 heterocycles. The summed E-state index contributed by atoms with van der Waals surface area (Å²) in [5.74, 6) is 0.457. The fourth-order valence-electron chi connectivity index (χ4n) is 3.51. The van der Waals surface area contributed by atoms with E-state index in [9.17, 15) is 4.79 Å². The van der Waals surface area contributed by atoms with Gasteiger partial charge >= 0.3 is 0 Å². The summed E-state index contributed by atoms with van der Waals surface area (Å²) < 4.78 is 0. The number of nitrogens with one attached hydrogen (secondary N) is 2. The van der Waals surface area contributed by atoms with Crippen molar-refractivity contribution in [2.75, 3.05) is 0 Å². The molecule has 0 radical (unpaired) electrons. The maximum atomic E-state index is 12.9. The maximum Gasteiger partial charge on any atom is 0.241 e. The average Bonchev–Trinajstić information content (AvgIpc) is 3.48. The summed E-state index contributed by atoms with van der Waals surface area (Å²) in [5, 5.41) is 6.83. The molecule has 3 heteroatoms. The molecular weight excluding hydrogens is 332 g/mol. The number of aryl methyl sites for hydroxylation is 1. The number of amides is 1. The normalized spacial score (nSPS) is 16.1. The Morgan fingerprint density at radius 2 is 1.67 bits per heavy atom. The van der Waals surface area contributed by atoms with Crippen LogP contribution in [0.1, 0.15) is 68.8 Å². The predicted octanol–water partition coefficient (Wildman–Crippen LogP) is 4.95. The summed E-state index contributed by atoms with van der Waals surface area (Å²) in [5.41, 5.74) is 3.63. The molecule has 1 aliphatic carbocycles. The monoisotopic (exact) mass is 364 g/mol. The Balaban J connectivity index is 1.82. The summed E-state index contributed by atoms with van der Waals surface area (Å²) in [6, 6.07) is 19.1. The average molecular weight is 365 g/mol. The van der Waals surface area contributed by atoms with E-state index >= 15 is 0 Å². The zero-order valence-corrected chi connectivity index (χ0v) is 16.7. The third-order valence-electron chi connectivity index (χ3n) is 5.21. The van der Waals surface area contributed by atoms with Crippen molar-refractivity contribution in [3.63, 3.8) is 0 Å². The highest BCUT2D eigenvalue weighted by molar-refractivity contribution is 5.83. The Morgan fingerprint density at radius 3 is 2.22 bits per heavy atom. The van der Waals surface area contributed by atoms with Crippen LogP contribution < -0.4 is 10.6 Å². The molecule has 0 bridgehead atoms. The first-order valence-electron chi connectivity index (χ1n) is 10.3. The van der Waals surface area contributed by atoms with E-state index in [1.165, 1.54) is 11.1 Å². The van der Waals surface area contributed by atoms with Crippen LogP contribution in [0.2, 0.25) is 0 Å². The molecule has 3 rings (SSSR count). The summed E-state index contributed by atoms with van der Waals surface area (Å²) >= 11 is 0. The largest absolute Gasteiger partial charge is 0.352 e. The SMILES string of the molecule is CCCc1ccc([C@H](N[C@H](C(=O)NC2CC2)c2ccccc2)C(C)C)cc1. The highest BCUT2D eigenvalue weighted by Gasteiger charge is 2.30. The molecule has 1 aliphatic rings. The Bertz CT molecular complexity index is 720. The van der Waals surface area contributed by atoms with E-state index in [2.05, 4.69) is 55.7 Å². The molecule has 1 amide bonds. The zero-order valence-electron chi connectivity index (χ0n) is 16.7. The molecular formula is C24H32N2O. The van der Waals surface area contributed by atoms with Crippen molar-refractivity contribution in [3.8, 4) is 0 Å². The topological polar surface area (TPSA) is 41.1 Å². The van der Waals surface area contributed by atoms with E-state index in [0.29, 0.717) is 12.0 Å². The van der Waals surface area contributed by atoms with Gasteiger partial charge in [-0.15, -0.1) is 0 Å². The van der Waals surface area contributed by atoms with Crippen LogP contribution in [0.25, 0.3) is 0 Å². The van der Waals surface area contributed by atoms with Gasteiger partial charge in [0.25, 0.3) is 0 Å². The smallest absolute Gasteiger partial charge is 0.241 e. The van der Waals surface area contributed by atoms with Gasteiger partial charge in [-0.25, -0.2) is 0 Å². The third kappa shape index (κ3) is 5.43. The second-order valence-corrected chi connectivity index (χ2v) is 8.01. The minimum atomic E-state index is -0.338. The second kappa shape index (κ2) is 9.18. The molecule has 0 aromatic heterocycles. The third-order valence-corrected chi connectivity index (χ3v) is 5.21. The van der Waals surface area contributed by atoms with Crippen LogP contribution in [-0.2, 0) is 11.2 Å². The van der Waals surface area contributed by atoms with Gasteiger partial charge in [-0.05, 0) is 41.9 Å². The fraction of sp³-hybridized carbons (Fsp3) is 0.458. The second-order valence-electron chi connectivity index (χ2n) is 8.01. The van der Waals surface area contributed by atoms with Crippen molar-refractivity contribution >= 4 is 5.91 Å². The molecule has 0 aliphatic heterocycles. The first-order valence-corrected chi connectivity index (χ1v) is 10.3. The molecule has 0 saturated heterocycles. The van der Waals surface area contributed by atoms with Crippen LogP contribution in [0.4, 0.5) is 0 Å². The van der Waals surface area contributed by atoms with Crippen molar-refractivity contribution in [1.29, 1.82) is 0 Å². The van der Waals surface area contributed by atoms with Gasteiger partial charge < -0.3 is 5.32 Å². The number of rotatable bonds is 9. The van der Waals surface area contributed by atoms with E-state index < -0.39 is 0 Å². The number of benzene rings is 2. The van der Waals surface area contributed by atoms with Crippen LogP contribution in [-0.4, -0.2) is 11.9 Å². The lowest BCUT2D eigenvalue weighted by Crippen LogP contribution is -2.41. The molecule has 1 saturated carbocycles. The molecule has 2 aromatic rings. The van der Waals surface area contributed by atoms with Crippen LogP contribution in [0.3, 0.4) is 0 Å². The summed E-state index contributed by atoms with van der Waals surface area (Å²) in [7, 11) is 0. The first-order chi connectivity index (χ1) is 13.1. The lowest BCUT2D eigenvalue weighted by atomic mass is 9.92. The Morgan fingerprint density at radius 1 is 1.00 bits per heavy atom. The Hall–Kier alpha value is -2.13.